The highest BCUT2D eigenvalue weighted by atomic mass is 32.1. The van der Waals surface area contributed by atoms with Crippen molar-refractivity contribution in [1.29, 1.82) is 0 Å². The summed E-state index contributed by atoms with van der Waals surface area (Å²) in [5.74, 6) is 0.994. The maximum absolute atomic E-state index is 12.3. The lowest BCUT2D eigenvalue weighted by molar-refractivity contribution is -0.121. The van der Waals surface area contributed by atoms with E-state index in [0.717, 1.165) is 25.2 Å². The molecule has 0 saturated carbocycles. The predicted octanol–water partition coefficient (Wildman–Crippen LogP) is 4.03. The van der Waals surface area contributed by atoms with Crippen LogP contribution in [0.2, 0.25) is 0 Å². The minimum Gasteiger partial charge on any atom is -0.421 e. The summed E-state index contributed by atoms with van der Waals surface area (Å²) in [6.07, 6.45) is 4.67. The molecule has 0 radical (unpaired) electrons. The highest BCUT2D eigenvalue weighted by Crippen LogP contribution is 2.21. The van der Waals surface area contributed by atoms with Gasteiger partial charge in [-0.15, -0.1) is 10.2 Å². The minimum absolute atomic E-state index is 0.00643. The fourth-order valence-electron chi connectivity index (χ4n) is 3.60. The van der Waals surface area contributed by atoms with E-state index in [1.807, 2.05) is 22.9 Å². The number of nitrogens with zero attached hydrogens (tertiary/aromatic N) is 3. The first kappa shape index (κ1) is 19.8. The molecule has 1 aliphatic heterocycles. The normalized spacial score (nSPS) is 14.8. The SMILES string of the molecule is O=C(CCc1nnc(-c2ccsc2)o1)NCc1ccccc1CN1CCCCC1. The molecule has 0 unspecified atom stereocenters. The number of carbonyl (C=O) groups is 1. The third kappa shape index (κ3) is 5.52. The molecule has 1 aliphatic rings. The van der Waals surface area contributed by atoms with E-state index < -0.39 is 0 Å². The Hall–Kier alpha value is -2.51. The molecule has 1 aromatic carbocycles. The van der Waals surface area contributed by atoms with E-state index in [-0.39, 0.29) is 5.91 Å². The topological polar surface area (TPSA) is 71.3 Å². The number of rotatable bonds is 8. The summed E-state index contributed by atoms with van der Waals surface area (Å²) in [6, 6.07) is 10.3. The van der Waals surface area contributed by atoms with Crippen molar-refractivity contribution in [3.63, 3.8) is 0 Å². The van der Waals surface area contributed by atoms with E-state index in [2.05, 4.69) is 38.6 Å². The summed E-state index contributed by atoms with van der Waals surface area (Å²) in [5, 5.41) is 15.1. The summed E-state index contributed by atoms with van der Waals surface area (Å²) < 4.78 is 5.64. The molecule has 0 bridgehead atoms. The van der Waals surface area contributed by atoms with Crippen LogP contribution in [-0.4, -0.2) is 34.1 Å². The smallest absolute Gasteiger partial charge is 0.248 e. The fourth-order valence-corrected chi connectivity index (χ4v) is 4.23. The van der Waals surface area contributed by atoms with Crippen LogP contribution in [0.1, 0.15) is 42.7 Å². The van der Waals surface area contributed by atoms with Gasteiger partial charge in [0.2, 0.25) is 17.7 Å². The zero-order valence-electron chi connectivity index (χ0n) is 16.5. The van der Waals surface area contributed by atoms with Crippen LogP contribution in [0.3, 0.4) is 0 Å². The van der Waals surface area contributed by atoms with Gasteiger partial charge in [-0.2, -0.15) is 11.3 Å². The monoisotopic (exact) mass is 410 g/mol. The lowest BCUT2D eigenvalue weighted by atomic mass is 10.0. The molecule has 4 rings (SSSR count). The first-order valence-corrected chi connectivity index (χ1v) is 11.1. The zero-order chi connectivity index (χ0) is 19.9. The minimum atomic E-state index is -0.00643. The molecule has 1 fully saturated rings. The number of hydrogen-bond acceptors (Lipinski definition) is 6. The van der Waals surface area contributed by atoms with Gasteiger partial charge in [-0.3, -0.25) is 9.69 Å². The van der Waals surface area contributed by atoms with Crippen LogP contribution < -0.4 is 5.32 Å². The molecule has 6 nitrogen and oxygen atoms in total. The van der Waals surface area contributed by atoms with E-state index >= 15 is 0 Å². The molecule has 0 aliphatic carbocycles. The van der Waals surface area contributed by atoms with Gasteiger partial charge in [-0.1, -0.05) is 30.7 Å². The second-order valence-corrected chi connectivity index (χ2v) is 8.18. The second kappa shape index (κ2) is 9.80. The summed E-state index contributed by atoms with van der Waals surface area (Å²) in [4.78, 5) is 14.8. The molecule has 29 heavy (non-hydrogen) atoms. The van der Waals surface area contributed by atoms with Crippen molar-refractivity contribution in [1.82, 2.24) is 20.4 Å². The summed E-state index contributed by atoms with van der Waals surface area (Å²) in [6.45, 7) is 3.84. The van der Waals surface area contributed by atoms with Gasteiger partial charge in [0.25, 0.3) is 0 Å². The van der Waals surface area contributed by atoms with Crippen LogP contribution in [0.5, 0.6) is 0 Å². The number of amides is 1. The molecular formula is C22H26N4O2S. The van der Waals surface area contributed by atoms with Crippen molar-refractivity contribution in [2.75, 3.05) is 13.1 Å². The lowest BCUT2D eigenvalue weighted by Gasteiger charge is -2.27. The standard InChI is InChI=1S/C22H26N4O2S/c27-20(8-9-21-24-25-22(28-21)19-10-13-29-16-19)23-14-17-6-2-3-7-18(17)15-26-11-4-1-5-12-26/h2-3,6-7,10,13,16H,1,4-5,8-9,11-12,14-15H2,(H,23,27). The average Bonchev–Trinajstić information content (AvgIpc) is 3.44. The van der Waals surface area contributed by atoms with Gasteiger partial charge in [0, 0.05) is 36.9 Å². The van der Waals surface area contributed by atoms with Crippen LogP contribution in [0.25, 0.3) is 11.5 Å². The van der Waals surface area contributed by atoms with Crippen molar-refractivity contribution in [2.45, 2.75) is 45.2 Å². The summed E-state index contributed by atoms with van der Waals surface area (Å²) in [7, 11) is 0. The lowest BCUT2D eigenvalue weighted by Crippen LogP contribution is -2.30. The van der Waals surface area contributed by atoms with Crippen LogP contribution in [0.15, 0.2) is 45.5 Å². The van der Waals surface area contributed by atoms with Crippen molar-refractivity contribution >= 4 is 17.2 Å². The van der Waals surface area contributed by atoms with Gasteiger partial charge in [0.15, 0.2) is 0 Å². The molecule has 1 saturated heterocycles. The van der Waals surface area contributed by atoms with Crippen molar-refractivity contribution in [2.24, 2.45) is 0 Å². The van der Waals surface area contributed by atoms with Gasteiger partial charge in [-0.25, -0.2) is 0 Å². The number of likely N-dealkylation sites (tertiary alicyclic amines) is 1. The predicted molar refractivity (Wildman–Crippen MR) is 113 cm³/mol. The number of aromatic nitrogens is 2. The Morgan fingerprint density at radius 2 is 1.93 bits per heavy atom. The number of carbonyl (C=O) groups excluding carboxylic acids is 1. The van der Waals surface area contributed by atoms with Gasteiger partial charge in [0.05, 0.1) is 0 Å². The highest BCUT2D eigenvalue weighted by Gasteiger charge is 2.14. The number of nitrogens with one attached hydrogen (secondary N) is 1. The van der Waals surface area contributed by atoms with Crippen LogP contribution >= 0.6 is 11.3 Å². The Balaban J connectivity index is 1.26. The Bertz CT molecular complexity index is 917. The summed E-state index contributed by atoms with van der Waals surface area (Å²) in [5.41, 5.74) is 3.40. The van der Waals surface area contributed by atoms with Gasteiger partial charge < -0.3 is 9.73 Å². The van der Waals surface area contributed by atoms with Gasteiger partial charge in [0.1, 0.15) is 0 Å². The number of piperidine rings is 1. The Morgan fingerprint density at radius 3 is 2.72 bits per heavy atom. The molecule has 3 aromatic rings. The fraction of sp³-hybridized carbons (Fsp3) is 0.409. The third-order valence-electron chi connectivity index (χ3n) is 5.24. The molecule has 7 heteroatoms. The Labute approximate surface area is 175 Å². The number of benzene rings is 1. The van der Waals surface area contributed by atoms with E-state index in [1.165, 1.54) is 30.4 Å². The largest absolute Gasteiger partial charge is 0.421 e. The van der Waals surface area contributed by atoms with Crippen molar-refractivity contribution in [3.8, 4) is 11.5 Å². The first-order valence-electron chi connectivity index (χ1n) is 10.2. The van der Waals surface area contributed by atoms with Gasteiger partial charge >= 0.3 is 0 Å². The Morgan fingerprint density at radius 1 is 1.10 bits per heavy atom. The molecule has 3 heterocycles. The van der Waals surface area contributed by atoms with E-state index in [1.54, 1.807) is 11.3 Å². The maximum Gasteiger partial charge on any atom is 0.248 e. The third-order valence-corrected chi connectivity index (χ3v) is 5.92. The molecular weight excluding hydrogens is 384 g/mol. The molecule has 152 valence electrons. The maximum atomic E-state index is 12.3. The molecule has 2 aromatic heterocycles. The van der Waals surface area contributed by atoms with Crippen LogP contribution in [0, 0.1) is 0 Å². The zero-order valence-corrected chi connectivity index (χ0v) is 17.3. The number of hydrogen-bond donors (Lipinski definition) is 1. The van der Waals surface area contributed by atoms with Crippen LogP contribution in [0.4, 0.5) is 0 Å². The number of aryl methyl sites for hydroxylation is 1. The van der Waals surface area contributed by atoms with Crippen molar-refractivity contribution in [3.05, 3.63) is 58.1 Å². The molecule has 1 amide bonds. The quantitative estimate of drug-likeness (QED) is 0.607. The average molecular weight is 411 g/mol. The van der Waals surface area contributed by atoms with Crippen molar-refractivity contribution < 1.29 is 9.21 Å². The molecule has 0 atom stereocenters. The first-order chi connectivity index (χ1) is 14.3. The van der Waals surface area contributed by atoms with E-state index in [9.17, 15) is 4.79 Å². The van der Waals surface area contributed by atoms with E-state index in [0.29, 0.717) is 31.2 Å². The highest BCUT2D eigenvalue weighted by molar-refractivity contribution is 7.08. The second-order valence-electron chi connectivity index (χ2n) is 7.40. The van der Waals surface area contributed by atoms with E-state index in [4.69, 9.17) is 4.42 Å². The number of thiophene rings is 1. The van der Waals surface area contributed by atoms with Gasteiger partial charge in [-0.05, 0) is 48.5 Å². The Kier molecular flexibility index (Phi) is 6.69. The van der Waals surface area contributed by atoms with Crippen LogP contribution in [-0.2, 0) is 24.3 Å². The molecule has 1 N–H and O–H groups in total. The summed E-state index contributed by atoms with van der Waals surface area (Å²) >= 11 is 1.58. The molecule has 0 spiro atoms.